The molecule has 0 aromatic carbocycles. The van der Waals surface area contributed by atoms with Gasteiger partial charge in [-0.15, -0.1) is 0 Å². The Balaban J connectivity index is 3.32. The van der Waals surface area contributed by atoms with Gasteiger partial charge in [-0.05, 0) is 64.2 Å². The first-order valence-corrected chi connectivity index (χ1v) is 19.0. The van der Waals surface area contributed by atoms with Crippen molar-refractivity contribution in [2.24, 2.45) is 5.73 Å². The van der Waals surface area contributed by atoms with Crippen LogP contribution in [0.5, 0.6) is 0 Å². The summed E-state index contributed by atoms with van der Waals surface area (Å²) in [4.78, 5) is 0. The summed E-state index contributed by atoms with van der Waals surface area (Å²) in [6.45, 7) is 7.44. The molecular formula is C39H77NO2. The molecule has 0 bridgehead atoms. The van der Waals surface area contributed by atoms with Crippen LogP contribution in [-0.2, 0) is 9.47 Å². The summed E-state index contributed by atoms with van der Waals surface area (Å²) < 4.78 is 11.8. The van der Waals surface area contributed by atoms with Gasteiger partial charge in [0.1, 0.15) is 0 Å². The summed E-state index contributed by atoms with van der Waals surface area (Å²) in [5, 5.41) is 0. The number of hydrogen-bond acceptors (Lipinski definition) is 3. The van der Waals surface area contributed by atoms with Crippen LogP contribution in [0.15, 0.2) is 24.3 Å². The van der Waals surface area contributed by atoms with Crippen LogP contribution < -0.4 is 5.73 Å². The molecule has 0 spiro atoms. The van der Waals surface area contributed by atoms with Gasteiger partial charge >= 0.3 is 0 Å². The van der Waals surface area contributed by atoms with Crippen LogP contribution in [-0.4, -0.2) is 32.5 Å². The second-order valence-corrected chi connectivity index (χ2v) is 12.7. The van der Waals surface area contributed by atoms with E-state index in [4.69, 9.17) is 15.2 Å². The van der Waals surface area contributed by atoms with Crippen molar-refractivity contribution in [2.45, 2.75) is 200 Å². The maximum atomic E-state index is 5.98. The molecule has 1 atom stereocenters. The van der Waals surface area contributed by atoms with Crippen LogP contribution in [0.2, 0.25) is 0 Å². The molecule has 0 aliphatic heterocycles. The SMILES string of the molecule is CCCCCCCCC=CCCCCCCCCOCC(CN)OCCCCCCCCC=CCCCCCCCC. The third kappa shape index (κ3) is 35.6. The Hall–Kier alpha value is -0.640. The fraction of sp³-hybridized carbons (Fsp3) is 0.897. The summed E-state index contributed by atoms with van der Waals surface area (Å²) in [5.74, 6) is 0. The number of unbranched alkanes of at least 4 members (excludes halogenated alkanes) is 24. The van der Waals surface area contributed by atoms with E-state index in [1.807, 2.05) is 0 Å². The van der Waals surface area contributed by atoms with E-state index < -0.39 is 0 Å². The van der Waals surface area contributed by atoms with E-state index in [1.54, 1.807) is 0 Å². The summed E-state index contributed by atoms with van der Waals surface area (Å²) in [5.41, 5.74) is 5.91. The summed E-state index contributed by atoms with van der Waals surface area (Å²) in [7, 11) is 0. The number of allylic oxidation sites excluding steroid dienone is 4. The lowest BCUT2D eigenvalue weighted by molar-refractivity contribution is -0.0136. The highest BCUT2D eigenvalue weighted by Gasteiger charge is 2.06. The summed E-state index contributed by atoms with van der Waals surface area (Å²) >= 11 is 0. The van der Waals surface area contributed by atoms with Gasteiger partial charge in [0.25, 0.3) is 0 Å². The molecular weight excluding hydrogens is 514 g/mol. The average Bonchev–Trinajstić information content (AvgIpc) is 3.00. The van der Waals surface area contributed by atoms with Crippen molar-refractivity contribution in [1.29, 1.82) is 0 Å². The van der Waals surface area contributed by atoms with Crippen LogP contribution in [0.1, 0.15) is 194 Å². The predicted octanol–water partition coefficient (Wildman–Crippen LogP) is 12.4. The highest BCUT2D eigenvalue weighted by Crippen LogP contribution is 2.12. The lowest BCUT2D eigenvalue weighted by Crippen LogP contribution is -2.29. The quantitative estimate of drug-likeness (QED) is 0.0582. The highest BCUT2D eigenvalue weighted by atomic mass is 16.5. The van der Waals surface area contributed by atoms with Crippen molar-refractivity contribution in [2.75, 3.05) is 26.4 Å². The molecule has 0 fully saturated rings. The molecule has 0 aliphatic carbocycles. The van der Waals surface area contributed by atoms with Gasteiger partial charge < -0.3 is 15.2 Å². The van der Waals surface area contributed by atoms with Crippen molar-refractivity contribution in [3.63, 3.8) is 0 Å². The zero-order valence-electron chi connectivity index (χ0n) is 28.9. The largest absolute Gasteiger partial charge is 0.379 e. The Labute approximate surface area is 265 Å². The zero-order chi connectivity index (χ0) is 30.4. The number of ether oxygens (including phenoxy) is 2. The number of rotatable bonds is 36. The second-order valence-electron chi connectivity index (χ2n) is 12.7. The van der Waals surface area contributed by atoms with Crippen LogP contribution in [0.3, 0.4) is 0 Å². The van der Waals surface area contributed by atoms with Crippen molar-refractivity contribution in [1.82, 2.24) is 0 Å². The van der Waals surface area contributed by atoms with E-state index in [2.05, 4.69) is 38.2 Å². The average molecular weight is 592 g/mol. The Bertz CT molecular complexity index is 532. The summed E-state index contributed by atoms with van der Waals surface area (Å²) in [6, 6.07) is 0. The Morgan fingerprint density at radius 2 is 0.762 bits per heavy atom. The van der Waals surface area contributed by atoms with Crippen LogP contribution >= 0.6 is 0 Å². The number of hydrogen-bond donors (Lipinski definition) is 1. The van der Waals surface area contributed by atoms with Crippen molar-refractivity contribution in [3.8, 4) is 0 Å². The Morgan fingerprint density at radius 3 is 1.14 bits per heavy atom. The first-order valence-electron chi connectivity index (χ1n) is 19.0. The molecule has 0 aromatic heterocycles. The lowest BCUT2D eigenvalue weighted by Gasteiger charge is -2.16. The highest BCUT2D eigenvalue weighted by molar-refractivity contribution is 4.82. The maximum Gasteiger partial charge on any atom is 0.0930 e. The Morgan fingerprint density at radius 1 is 0.429 bits per heavy atom. The first-order chi connectivity index (χ1) is 20.8. The second kappa shape index (κ2) is 38.4. The molecule has 0 radical (unpaired) electrons. The van der Waals surface area contributed by atoms with E-state index in [9.17, 15) is 0 Å². The molecule has 0 amide bonds. The van der Waals surface area contributed by atoms with Crippen LogP contribution in [0.4, 0.5) is 0 Å². The minimum atomic E-state index is 0.0576. The molecule has 250 valence electrons. The van der Waals surface area contributed by atoms with Gasteiger partial charge in [-0.1, -0.05) is 154 Å². The van der Waals surface area contributed by atoms with E-state index >= 15 is 0 Å². The standard InChI is InChI=1S/C39H77NO2/c1-3-5-7-9-11-13-15-17-19-21-23-25-27-29-31-33-35-41-38-39(37-40)42-36-34-32-30-28-26-24-22-20-18-16-14-12-10-8-6-4-2/h17-20,39H,3-16,21-38,40H2,1-2H3. The smallest absolute Gasteiger partial charge is 0.0930 e. The molecule has 0 heterocycles. The molecule has 0 saturated heterocycles. The third-order valence-electron chi connectivity index (χ3n) is 8.38. The molecule has 3 heteroatoms. The van der Waals surface area contributed by atoms with Crippen molar-refractivity contribution >= 4 is 0 Å². The lowest BCUT2D eigenvalue weighted by atomic mass is 10.1. The first kappa shape index (κ1) is 41.4. The molecule has 0 rings (SSSR count). The fourth-order valence-electron chi connectivity index (χ4n) is 5.45. The van der Waals surface area contributed by atoms with Crippen molar-refractivity contribution < 1.29 is 9.47 Å². The monoisotopic (exact) mass is 592 g/mol. The zero-order valence-corrected chi connectivity index (χ0v) is 28.9. The van der Waals surface area contributed by atoms with Gasteiger partial charge in [-0.3, -0.25) is 0 Å². The molecule has 0 aliphatic rings. The van der Waals surface area contributed by atoms with Gasteiger partial charge in [0, 0.05) is 19.8 Å². The topological polar surface area (TPSA) is 44.5 Å². The van der Waals surface area contributed by atoms with Gasteiger partial charge in [-0.25, -0.2) is 0 Å². The molecule has 2 N–H and O–H groups in total. The maximum absolute atomic E-state index is 5.98. The fourth-order valence-corrected chi connectivity index (χ4v) is 5.45. The molecule has 0 saturated carbocycles. The molecule has 0 aromatic rings. The van der Waals surface area contributed by atoms with Gasteiger partial charge in [0.2, 0.25) is 0 Å². The predicted molar refractivity (Wildman–Crippen MR) is 189 cm³/mol. The summed E-state index contributed by atoms with van der Waals surface area (Å²) in [6.07, 6.45) is 47.1. The van der Waals surface area contributed by atoms with E-state index in [1.165, 1.54) is 167 Å². The van der Waals surface area contributed by atoms with E-state index in [0.29, 0.717) is 13.2 Å². The third-order valence-corrected chi connectivity index (χ3v) is 8.38. The minimum absolute atomic E-state index is 0.0576. The van der Waals surface area contributed by atoms with Crippen LogP contribution in [0.25, 0.3) is 0 Å². The van der Waals surface area contributed by atoms with Gasteiger partial charge in [0.15, 0.2) is 0 Å². The van der Waals surface area contributed by atoms with E-state index in [-0.39, 0.29) is 6.10 Å². The molecule has 1 unspecified atom stereocenters. The minimum Gasteiger partial charge on any atom is -0.379 e. The van der Waals surface area contributed by atoms with Crippen molar-refractivity contribution in [3.05, 3.63) is 24.3 Å². The van der Waals surface area contributed by atoms with Gasteiger partial charge in [0.05, 0.1) is 12.7 Å². The molecule has 3 nitrogen and oxygen atoms in total. The van der Waals surface area contributed by atoms with E-state index in [0.717, 1.165) is 26.1 Å². The van der Waals surface area contributed by atoms with Gasteiger partial charge in [-0.2, -0.15) is 0 Å². The molecule has 42 heavy (non-hydrogen) atoms. The Kier molecular flexibility index (Phi) is 37.8. The normalized spacial score (nSPS) is 12.7. The number of nitrogens with two attached hydrogens (primary N) is 1. The van der Waals surface area contributed by atoms with Crippen LogP contribution in [0, 0.1) is 0 Å².